The third kappa shape index (κ3) is 12.3. The Morgan fingerprint density at radius 2 is 1.22 bits per heavy atom. The van der Waals surface area contributed by atoms with Gasteiger partial charge in [-0.05, 0) is 64.6 Å². The van der Waals surface area contributed by atoms with Crippen LogP contribution in [0.4, 0.5) is 0 Å². The molecule has 0 atom stereocenters. The van der Waals surface area contributed by atoms with Crippen LogP contribution in [0.3, 0.4) is 0 Å². The molecule has 0 saturated heterocycles. The van der Waals surface area contributed by atoms with Crippen molar-refractivity contribution in [1.29, 1.82) is 0 Å². The monoisotopic (exact) mass is 816 g/mol. The molecule has 49 heavy (non-hydrogen) atoms. The zero-order chi connectivity index (χ0) is 35.1. The molecule has 0 fully saturated rings. The summed E-state index contributed by atoms with van der Waals surface area (Å²) in [7, 11) is 4.65. The average molecular weight is 819 g/mol. The number of rotatable bonds is 14. The van der Waals surface area contributed by atoms with Crippen LogP contribution in [-0.4, -0.2) is 47.4 Å². The summed E-state index contributed by atoms with van der Waals surface area (Å²) < 4.78 is 16.0. The van der Waals surface area contributed by atoms with E-state index in [0.29, 0.717) is 84.1 Å². The van der Waals surface area contributed by atoms with Gasteiger partial charge in [-0.25, -0.2) is 9.78 Å². The Morgan fingerprint density at radius 3 is 1.73 bits per heavy atom. The van der Waals surface area contributed by atoms with Crippen molar-refractivity contribution in [2.45, 2.75) is 6.42 Å². The van der Waals surface area contributed by atoms with Gasteiger partial charge in [-0.15, -0.1) is 0 Å². The van der Waals surface area contributed by atoms with Crippen LogP contribution in [0, 0.1) is 0 Å². The van der Waals surface area contributed by atoms with E-state index in [0.717, 1.165) is 23.0 Å². The molecular formula is C36H32Cl2NiO6S4-4. The molecule has 0 aliphatic heterocycles. The third-order valence-electron chi connectivity index (χ3n) is 6.73. The predicted molar refractivity (Wildman–Crippen MR) is 205 cm³/mol. The molecule has 0 radical (unpaired) electrons. The first-order chi connectivity index (χ1) is 23.2. The Hall–Kier alpha value is -2.54. The molecule has 0 N–H and O–H groups in total. The number of carbonyl (C=O) groups is 1. The summed E-state index contributed by atoms with van der Waals surface area (Å²) in [4.78, 5) is 22.8. The number of aldehydes is 1. The minimum absolute atomic E-state index is 0. The Morgan fingerprint density at radius 1 is 0.673 bits per heavy atom. The van der Waals surface area contributed by atoms with E-state index in [9.17, 15) is 4.79 Å². The van der Waals surface area contributed by atoms with Crippen LogP contribution in [0.2, 0.25) is 10.0 Å². The van der Waals surface area contributed by atoms with E-state index in [1.54, 1.807) is 32.4 Å². The van der Waals surface area contributed by atoms with E-state index in [1.165, 1.54) is 7.11 Å². The van der Waals surface area contributed by atoms with Gasteiger partial charge >= 0.3 is 0 Å². The molecule has 13 heteroatoms. The van der Waals surface area contributed by atoms with Gasteiger partial charge in [-0.2, -0.15) is 19.6 Å². The van der Waals surface area contributed by atoms with Gasteiger partial charge in [-0.1, -0.05) is 77.8 Å². The fourth-order valence-electron chi connectivity index (χ4n) is 4.27. The van der Waals surface area contributed by atoms with Crippen molar-refractivity contribution < 1.29 is 45.3 Å². The van der Waals surface area contributed by atoms with E-state index < -0.39 is 0 Å². The summed E-state index contributed by atoms with van der Waals surface area (Å²) in [5.41, 5.74) is 4.37. The number of halogens is 2. The zero-order valence-corrected chi connectivity index (χ0v) is 32.4. The van der Waals surface area contributed by atoms with Gasteiger partial charge in [0.2, 0.25) is 0 Å². The molecule has 0 heterocycles. The molecule has 0 saturated carbocycles. The van der Waals surface area contributed by atoms with E-state index in [2.05, 4.69) is 4.89 Å². The second-order valence-corrected chi connectivity index (χ2v) is 12.2. The van der Waals surface area contributed by atoms with Gasteiger partial charge < -0.3 is 64.7 Å². The van der Waals surface area contributed by atoms with Crippen LogP contribution in [0.1, 0.15) is 38.2 Å². The Balaban J connectivity index is 0.000000333. The maximum Gasteiger partial charge on any atom is 0.161 e. The van der Waals surface area contributed by atoms with Crippen molar-refractivity contribution in [3.63, 3.8) is 0 Å². The molecule has 4 aromatic carbocycles. The number of carbonyl (C=O) groups excluding carboxylic acids is 1. The Labute approximate surface area is 330 Å². The van der Waals surface area contributed by atoms with E-state index >= 15 is 0 Å². The van der Waals surface area contributed by atoms with E-state index in [4.69, 9.17) is 92.8 Å². The summed E-state index contributed by atoms with van der Waals surface area (Å²) in [6, 6.07) is 25.6. The van der Waals surface area contributed by atoms with Gasteiger partial charge in [-0.3, -0.25) is 4.79 Å². The quantitative estimate of drug-likeness (QED) is 0.0236. The van der Waals surface area contributed by atoms with Gasteiger partial charge in [0.25, 0.3) is 0 Å². The molecule has 0 aliphatic rings. The number of methoxy groups -OCH3 is 2. The van der Waals surface area contributed by atoms with E-state index in [1.807, 2.05) is 66.7 Å². The maximum absolute atomic E-state index is 11.4. The Kier molecular flexibility index (Phi) is 19.4. The van der Waals surface area contributed by atoms with Gasteiger partial charge in [0.05, 0.1) is 27.4 Å². The van der Waals surface area contributed by atoms with Crippen LogP contribution < -0.4 is 9.47 Å². The van der Waals surface area contributed by atoms with Crippen molar-refractivity contribution in [2.75, 3.05) is 41.2 Å². The SMILES string of the molecule is COCCOc1ccc(/C([S-])=C(/[S-])c2ccccc2Cl)cc1OC.COOCCc1ccc(/C([S-])=C(/[S-])c2ccccc2Cl)cc1C=O.[Ni]. The van der Waals surface area contributed by atoms with Crippen molar-refractivity contribution in [2.24, 2.45) is 0 Å². The first-order valence-electron chi connectivity index (χ1n) is 14.4. The first kappa shape index (κ1) is 42.6. The normalized spacial score (nSPS) is 11.6. The van der Waals surface area contributed by atoms with Crippen LogP contribution in [-0.2, 0) is 87.9 Å². The second-order valence-electron chi connectivity index (χ2n) is 9.75. The van der Waals surface area contributed by atoms with E-state index in [-0.39, 0.29) is 16.5 Å². The predicted octanol–water partition coefficient (Wildman–Crippen LogP) is 8.48. The molecule has 4 aromatic rings. The first-order valence-corrected chi connectivity index (χ1v) is 16.8. The van der Waals surface area contributed by atoms with Crippen molar-refractivity contribution >= 4 is 99.6 Å². The second kappa shape index (κ2) is 22.3. The van der Waals surface area contributed by atoms with Gasteiger partial charge in [0.15, 0.2) is 11.5 Å². The van der Waals surface area contributed by atoms with Crippen LogP contribution in [0.25, 0.3) is 19.6 Å². The molecule has 0 spiro atoms. The molecule has 0 aliphatic carbocycles. The topological polar surface area (TPSA) is 63.2 Å². The number of hydrogen-bond donors (Lipinski definition) is 0. The molecule has 264 valence electrons. The van der Waals surface area contributed by atoms with Crippen molar-refractivity contribution in [1.82, 2.24) is 0 Å². The van der Waals surface area contributed by atoms with Crippen LogP contribution >= 0.6 is 23.2 Å². The molecular weight excluding hydrogens is 786 g/mol. The number of ether oxygens (including phenoxy) is 3. The number of benzene rings is 4. The molecule has 0 unspecified atom stereocenters. The van der Waals surface area contributed by atoms with Crippen molar-refractivity contribution in [3.05, 3.63) is 128 Å². The fourth-order valence-corrected chi connectivity index (χ4v) is 5.91. The fraction of sp³-hybridized carbons (Fsp3) is 0.194. The maximum atomic E-state index is 11.4. The third-order valence-corrected chi connectivity index (χ3v) is 9.37. The summed E-state index contributed by atoms with van der Waals surface area (Å²) in [6.07, 6.45) is 1.36. The molecule has 0 aromatic heterocycles. The molecule has 4 rings (SSSR count). The smallest absolute Gasteiger partial charge is 0.161 e. The number of hydrogen-bond acceptors (Lipinski definition) is 10. The minimum Gasteiger partial charge on any atom is -0.781 e. The average Bonchev–Trinajstić information content (AvgIpc) is 3.11. The standard InChI is InChI=1S/C18H19ClO3S2.C18H17ClO3S2.Ni/c1-20-9-10-22-15-8-7-12(11-16(15)21-2)17(23)18(24)13-5-3-4-6-14(13)19;1-21-22-9-8-12-6-7-13(10-14(12)11-20)17(23)18(24)15-4-2-3-5-16(15)19;/h3-8,11,23-24H,9-10H2,1-2H3;2-7,10-11,23-24H,8-9H2,1H3;/p-4/b2*18-17-;. The summed E-state index contributed by atoms with van der Waals surface area (Å²) in [5, 5.41) is 1.13. The molecule has 0 amide bonds. The van der Waals surface area contributed by atoms with Crippen LogP contribution in [0.5, 0.6) is 11.5 Å². The largest absolute Gasteiger partial charge is 0.781 e. The summed E-state index contributed by atoms with van der Waals surface area (Å²) in [6.45, 7) is 1.30. The van der Waals surface area contributed by atoms with Crippen molar-refractivity contribution in [3.8, 4) is 11.5 Å². The van der Waals surface area contributed by atoms with Crippen LogP contribution in [0.15, 0.2) is 84.9 Å². The summed E-state index contributed by atoms with van der Waals surface area (Å²) >= 11 is 34.3. The molecule has 0 bridgehead atoms. The molecule has 6 nitrogen and oxygen atoms in total. The van der Waals surface area contributed by atoms with Gasteiger partial charge in [0, 0.05) is 39.2 Å². The zero-order valence-electron chi connectivity index (χ0n) is 26.6. The van der Waals surface area contributed by atoms with Gasteiger partial charge in [0.1, 0.15) is 12.9 Å². The Bertz CT molecular complexity index is 1750. The summed E-state index contributed by atoms with van der Waals surface area (Å²) in [5.74, 6) is 1.22. The minimum atomic E-state index is 0.